The van der Waals surface area contributed by atoms with Crippen LogP contribution in [0.15, 0.2) is 0 Å². The number of likely N-dealkylation sites (tertiary alicyclic amines) is 1. The highest BCUT2D eigenvalue weighted by molar-refractivity contribution is 5.84. The van der Waals surface area contributed by atoms with Gasteiger partial charge in [-0.1, -0.05) is 6.92 Å². The molecule has 0 aromatic carbocycles. The van der Waals surface area contributed by atoms with E-state index in [0.29, 0.717) is 6.04 Å². The highest BCUT2D eigenvalue weighted by atomic mass is 16.5. The maximum Gasteiger partial charge on any atom is 0.240 e. The highest BCUT2D eigenvalue weighted by Gasteiger charge is 2.35. The van der Waals surface area contributed by atoms with Crippen LogP contribution in [0.25, 0.3) is 0 Å². The molecule has 2 aliphatic heterocycles. The minimum atomic E-state index is 0.0527. The summed E-state index contributed by atoms with van der Waals surface area (Å²) in [5, 5.41) is 3.23. The van der Waals surface area contributed by atoms with E-state index in [1.807, 2.05) is 11.8 Å². The van der Waals surface area contributed by atoms with Gasteiger partial charge in [0.15, 0.2) is 0 Å². The van der Waals surface area contributed by atoms with E-state index >= 15 is 0 Å². The van der Waals surface area contributed by atoms with Crippen LogP contribution in [0, 0.1) is 0 Å². The molecule has 4 nitrogen and oxygen atoms in total. The van der Waals surface area contributed by atoms with E-state index < -0.39 is 0 Å². The number of carbonyl (C=O) groups excluding carboxylic acids is 1. The number of nitrogens with one attached hydrogen (secondary N) is 1. The van der Waals surface area contributed by atoms with Gasteiger partial charge < -0.3 is 15.0 Å². The summed E-state index contributed by atoms with van der Waals surface area (Å²) in [6, 6.07) is 0.381. The minimum Gasteiger partial charge on any atom is -0.379 e. The number of hydrogen-bond acceptors (Lipinski definition) is 3. The average molecular weight is 212 g/mol. The van der Waals surface area contributed by atoms with Gasteiger partial charge in [-0.2, -0.15) is 0 Å². The van der Waals surface area contributed by atoms with Gasteiger partial charge in [-0.3, -0.25) is 4.79 Å². The van der Waals surface area contributed by atoms with E-state index in [-0.39, 0.29) is 11.9 Å². The molecule has 2 unspecified atom stereocenters. The van der Waals surface area contributed by atoms with Gasteiger partial charge >= 0.3 is 0 Å². The molecule has 2 fully saturated rings. The summed E-state index contributed by atoms with van der Waals surface area (Å²) in [4.78, 5) is 14.0. The lowest BCUT2D eigenvalue weighted by Crippen LogP contribution is -2.45. The molecule has 0 spiro atoms. The third-order valence-electron chi connectivity index (χ3n) is 3.27. The Labute approximate surface area is 91.0 Å². The quantitative estimate of drug-likeness (QED) is 0.735. The van der Waals surface area contributed by atoms with Crippen LogP contribution in [0.3, 0.4) is 0 Å². The van der Waals surface area contributed by atoms with Crippen LogP contribution in [0.5, 0.6) is 0 Å². The Morgan fingerprint density at radius 3 is 3.07 bits per heavy atom. The van der Waals surface area contributed by atoms with Crippen molar-refractivity contribution in [2.45, 2.75) is 38.3 Å². The van der Waals surface area contributed by atoms with Crippen LogP contribution in [0.1, 0.15) is 26.2 Å². The number of likely N-dealkylation sites (N-methyl/N-ethyl adjacent to an activating group) is 1. The van der Waals surface area contributed by atoms with E-state index in [1.165, 1.54) is 0 Å². The molecule has 0 aliphatic carbocycles. The van der Waals surface area contributed by atoms with Crippen molar-refractivity contribution in [3.05, 3.63) is 0 Å². The smallest absolute Gasteiger partial charge is 0.240 e. The molecular weight excluding hydrogens is 192 g/mol. The van der Waals surface area contributed by atoms with Crippen molar-refractivity contribution in [2.24, 2.45) is 0 Å². The number of ether oxygens (including phenoxy) is 1. The fourth-order valence-corrected chi connectivity index (χ4v) is 2.47. The van der Waals surface area contributed by atoms with Gasteiger partial charge in [-0.15, -0.1) is 0 Å². The van der Waals surface area contributed by atoms with E-state index in [2.05, 4.69) is 5.32 Å². The summed E-state index contributed by atoms with van der Waals surface area (Å²) in [5.41, 5.74) is 0. The summed E-state index contributed by atoms with van der Waals surface area (Å²) in [5.74, 6) is 0.271. The van der Waals surface area contributed by atoms with Crippen LogP contribution in [-0.4, -0.2) is 49.2 Å². The molecule has 2 aliphatic rings. The minimum absolute atomic E-state index is 0.0527. The Morgan fingerprint density at radius 1 is 1.53 bits per heavy atom. The summed E-state index contributed by atoms with van der Waals surface area (Å²) >= 11 is 0. The van der Waals surface area contributed by atoms with Crippen molar-refractivity contribution in [3.8, 4) is 0 Å². The van der Waals surface area contributed by atoms with Crippen LogP contribution in [0.2, 0.25) is 0 Å². The molecule has 0 aromatic rings. The Balaban J connectivity index is 1.90. The van der Waals surface area contributed by atoms with Gasteiger partial charge in [-0.25, -0.2) is 0 Å². The first-order valence-corrected chi connectivity index (χ1v) is 5.94. The van der Waals surface area contributed by atoms with E-state index in [0.717, 1.165) is 45.6 Å². The lowest BCUT2D eigenvalue weighted by molar-refractivity contribution is -0.133. The zero-order valence-corrected chi connectivity index (χ0v) is 9.37. The molecule has 1 N–H and O–H groups in total. The van der Waals surface area contributed by atoms with E-state index in [4.69, 9.17) is 4.74 Å². The molecule has 2 atom stereocenters. The van der Waals surface area contributed by atoms with Gasteiger partial charge in [0.2, 0.25) is 5.91 Å². The monoisotopic (exact) mass is 212 g/mol. The first-order valence-electron chi connectivity index (χ1n) is 5.94. The summed E-state index contributed by atoms with van der Waals surface area (Å²) < 4.78 is 5.42. The molecule has 1 amide bonds. The maximum absolute atomic E-state index is 12.0. The predicted octanol–water partition coefficient (Wildman–Crippen LogP) is 0.376. The number of nitrogens with zero attached hydrogens (tertiary/aromatic N) is 1. The number of rotatable bonds is 3. The zero-order valence-electron chi connectivity index (χ0n) is 9.37. The van der Waals surface area contributed by atoms with Crippen molar-refractivity contribution in [3.63, 3.8) is 0 Å². The molecular formula is C11H20N2O2. The molecule has 86 valence electrons. The second-order valence-electron chi connectivity index (χ2n) is 4.30. The zero-order chi connectivity index (χ0) is 10.7. The van der Waals surface area contributed by atoms with Crippen molar-refractivity contribution < 1.29 is 9.53 Å². The normalized spacial score (nSPS) is 32.3. The lowest BCUT2D eigenvalue weighted by Gasteiger charge is -2.31. The third kappa shape index (κ3) is 2.32. The Kier molecular flexibility index (Phi) is 3.59. The highest BCUT2D eigenvalue weighted by Crippen LogP contribution is 2.20. The topological polar surface area (TPSA) is 41.6 Å². The molecule has 0 radical (unpaired) electrons. The number of carbonyl (C=O) groups is 1. The molecule has 4 heteroatoms. The predicted molar refractivity (Wildman–Crippen MR) is 57.6 cm³/mol. The second kappa shape index (κ2) is 4.94. The summed E-state index contributed by atoms with van der Waals surface area (Å²) in [7, 11) is 0. The average Bonchev–Trinajstić information content (AvgIpc) is 2.63. The first kappa shape index (κ1) is 10.9. The molecule has 0 aromatic heterocycles. The molecule has 15 heavy (non-hydrogen) atoms. The fraction of sp³-hybridized carbons (Fsp3) is 0.909. The van der Waals surface area contributed by atoms with Crippen LogP contribution in [0.4, 0.5) is 0 Å². The lowest BCUT2D eigenvalue weighted by atomic mass is 10.1. The maximum atomic E-state index is 12.0. The molecule has 2 rings (SSSR count). The van der Waals surface area contributed by atoms with Crippen molar-refractivity contribution in [2.75, 3.05) is 26.3 Å². The standard InChI is InChI=1S/C11H20N2O2/c1-2-12-10-5-6-13(11(10)14)9-4-3-7-15-8-9/h9-10,12H,2-8H2,1H3. The Hall–Kier alpha value is -0.610. The fourth-order valence-electron chi connectivity index (χ4n) is 2.47. The van der Waals surface area contributed by atoms with Gasteiger partial charge in [-0.05, 0) is 25.8 Å². The number of amides is 1. The summed E-state index contributed by atoms with van der Waals surface area (Å²) in [6.07, 6.45) is 3.13. The van der Waals surface area contributed by atoms with Gasteiger partial charge in [0.1, 0.15) is 0 Å². The van der Waals surface area contributed by atoms with E-state index in [9.17, 15) is 4.79 Å². The molecule has 2 heterocycles. The first-order chi connectivity index (χ1) is 7.33. The third-order valence-corrected chi connectivity index (χ3v) is 3.27. The number of hydrogen-bond donors (Lipinski definition) is 1. The van der Waals surface area contributed by atoms with Gasteiger partial charge in [0, 0.05) is 13.2 Å². The van der Waals surface area contributed by atoms with Crippen molar-refractivity contribution in [1.29, 1.82) is 0 Å². The summed E-state index contributed by atoms with van der Waals surface area (Å²) in [6.45, 7) is 5.38. The second-order valence-corrected chi connectivity index (χ2v) is 4.30. The largest absolute Gasteiger partial charge is 0.379 e. The Bertz CT molecular complexity index is 227. The van der Waals surface area contributed by atoms with Crippen LogP contribution < -0.4 is 5.32 Å². The van der Waals surface area contributed by atoms with Crippen molar-refractivity contribution in [1.82, 2.24) is 10.2 Å². The van der Waals surface area contributed by atoms with Gasteiger partial charge in [0.05, 0.1) is 18.7 Å². The van der Waals surface area contributed by atoms with Crippen LogP contribution >= 0.6 is 0 Å². The van der Waals surface area contributed by atoms with Crippen LogP contribution in [-0.2, 0) is 9.53 Å². The SMILES string of the molecule is CCNC1CCN(C2CCCOC2)C1=O. The molecule has 2 saturated heterocycles. The van der Waals surface area contributed by atoms with Crippen molar-refractivity contribution >= 4 is 5.91 Å². The van der Waals surface area contributed by atoms with E-state index in [1.54, 1.807) is 0 Å². The van der Waals surface area contributed by atoms with Gasteiger partial charge in [0.25, 0.3) is 0 Å². The Morgan fingerprint density at radius 2 is 2.40 bits per heavy atom. The molecule has 0 bridgehead atoms. The molecule has 0 saturated carbocycles.